The molecule has 2 saturated heterocycles. The number of H-pyrrole nitrogens is 1. The van der Waals surface area contributed by atoms with Gasteiger partial charge in [-0.3, -0.25) is 14.3 Å². The topological polar surface area (TPSA) is 103 Å². The maximum absolute atomic E-state index is 12.8. The number of rotatable bonds is 3. The normalized spacial score (nSPS) is 19.2. The number of piperidine rings is 1. The summed E-state index contributed by atoms with van der Waals surface area (Å²) in [5, 5.41) is 3.09. The number of fused-ring (bicyclic) bond motifs is 1. The summed E-state index contributed by atoms with van der Waals surface area (Å²) in [6.45, 7) is 4.18. The number of pyridine rings is 1. The van der Waals surface area contributed by atoms with Gasteiger partial charge in [0.1, 0.15) is 0 Å². The van der Waals surface area contributed by atoms with Crippen molar-refractivity contribution in [3.8, 4) is 0 Å². The zero-order chi connectivity index (χ0) is 22.9. The van der Waals surface area contributed by atoms with Crippen molar-refractivity contribution in [2.45, 2.75) is 38.3 Å². The Morgan fingerprint density at radius 2 is 1.79 bits per heavy atom. The van der Waals surface area contributed by atoms with E-state index >= 15 is 0 Å². The van der Waals surface area contributed by atoms with Gasteiger partial charge in [0.2, 0.25) is 0 Å². The number of carbonyl (C=O) groups is 2. The van der Waals surface area contributed by atoms with E-state index in [-0.39, 0.29) is 29.7 Å². The average molecular weight is 449 g/mol. The lowest BCUT2D eigenvalue weighted by Crippen LogP contribution is -2.49. The van der Waals surface area contributed by atoms with Crippen LogP contribution in [0.15, 0.2) is 47.4 Å². The summed E-state index contributed by atoms with van der Waals surface area (Å²) >= 11 is 0. The summed E-state index contributed by atoms with van der Waals surface area (Å²) < 4.78 is 1.82. The Balaban J connectivity index is 1.15. The molecule has 2 N–H and O–H groups in total. The van der Waals surface area contributed by atoms with Gasteiger partial charge in [0.25, 0.3) is 5.91 Å². The fourth-order valence-corrected chi connectivity index (χ4v) is 4.87. The first-order valence-electron chi connectivity index (χ1n) is 11.5. The summed E-state index contributed by atoms with van der Waals surface area (Å²) in [6.07, 6.45) is 3.79. The quantitative estimate of drug-likeness (QED) is 0.642. The molecule has 0 unspecified atom stereocenters. The molecule has 0 aliphatic carbocycles. The van der Waals surface area contributed by atoms with Crippen LogP contribution in [0, 0.1) is 6.92 Å². The van der Waals surface area contributed by atoms with E-state index in [4.69, 9.17) is 0 Å². The number of hydrogen-bond acceptors (Lipinski definition) is 4. The maximum Gasteiger partial charge on any atom is 0.326 e. The van der Waals surface area contributed by atoms with Crippen molar-refractivity contribution >= 4 is 23.0 Å². The molecule has 172 valence electrons. The number of nitrogens with one attached hydrogen (secondary N) is 2. The van der Waals surface area contributed by atoms with E-state index in [2.05, 4.69) is 15.3 Å². The molecule has 0 bridgehead atoms. The lowest BCUT2D eigenvalue weighted by molar-refractivity contribution is 0.0788. The van der Waals surface area contributed by atoms with Crippen LogP contribution in [0.4, 0.5) is 4.79 Å². The third kappa shape index (κ3) is 4.22. The molecule has 0 saturated carbocycles. The van der Waals surface area contributed by atoms with Gasteiger partial charge in [-0.1, -0.05) is 12.1 Å². The van der Waals surface area contributed by atoms with E-state index in [9.17, 15) is 14.4 Å². The molecule has 5 rings (SSSR count). The number of carbonyl (C=O) groups excluding carboxylic acids is 2. The van der Waals surface area contributed by atoms with Crippen molar-refractivity contribution in [2.24, 2.45) is 0 Å². The van der Waals surface area contributed by atoms with Gasteiger partial charge in [0.05, 0.1) is 16.6 Å². The highest BCUT2D eigenvalue weighted by Crippen LogP contribution is 2.25. The highest BCUT2D eigenvalue weighted by Gasteiger charge is 2.31. The molecule has 3 aromatic rings. The monoisotopic (exact) mass is 448 g/mol. The van der Waals surface area contributed by atoms with Crippen LogP contribution in [0.5, 0.6) is 0 Å². The van der Waals surface area contributed by atoms with Gasteiger partial charge in [-0.25, -0.2) is 9.59 Å². The van der Waals surface area contributed by atoms with Crippen LogP contribution in [0.1, 0.15) is 41.4 Å². The molecule has 2 aliphatic heterocycles. The summed E-state index contributed by atoms with van der Waals surface area (Å²) in [5.41, 5.74) is 3.09. The minimum absolute atomic E-state index is 0.0516. The van der Waals surface area contributed by atoms with Gasteiger partial charge in [-0.05, 0) is 50.5 Å². The lowest BCUT2D eigenvalue weighted by atomic mass is 10.0. The summed E-state index contributed by atoms with van der Waals surface area (Å²) in [6, 6.07) is 11.2. The number of urea groups is 1. The second-order valence-corrected chi connectivity index (χ2v) is 8.91. The molecule has 3 amide bonds. The number of aromatic nitrogens is 3. The Bertz CT molecular complexity index is 1220. The van der Waals surface area contributed by atoms with E-state index in [1.807, 2.05) is 46.7 Å². The van der Waals surface area contributed by atoms with Gasteiger partial charge >= 0.3 is 11.7 Å². The SMILES string of the molecule is Cc1ccc(C(=O)N2CC[C@@H](NC(=O)N3CCC(n4c(=O)[nH]c5ccccc54)CC3)C2)cn1. The van der Waals surface area contributed by atoms with Crippen molar-refractivity contribution in [3.63, 3.8) is 0 Å². The number of amides is 3. The molecule has 0 radical (unpaired) electrons. The zero-order valence-corrected chi connectivity index (χ0v) is 18.7. The summed E-state index contributed by atoms with van der Waals surface area (Å²) in [4.78, 5) is 48.7. The van der Waals surface area contributed by atoms with Crippen LogP contribution in [0.25, 0.3) is 11.0 Å². The number of imidazole rings is 1. The minimum atomic E-state index is -0.101. The van der Waals surface area contributed by atoms with Crippen LogP contribution in [-0.4, -0.2) is 68.5 Å². The fraction of sp³-hybridized carbons (Fsp3) is 0.417. The van der Waals surface area contributed by atoms with Crippen molar-refractivity contribution < 1.29 is 9.59 Å². The number of aromatic amines is 1. The first-order valence-corrected chi connectivity index (χ1v) is 11.5. The zero-order valence-electron chi connectivity index (χ0n) is 18.7. The van der Waals surface area contributed by atoms with Crippen molar-refractivity contribution in [1.82, 2.24) is 29.7 Å². The molecular weight excluding hydrogens is 420 g/mol. The molecule has 4 heterocycles. The van der Waals surface area contributed by atoms with Crippen molar-refractivity contribution in [2.75, 3.05) is 26.2 Å². The molecule has 2 aromatic heterocycles. The molecule has 1 atom stereocenters. The number of aryl methyl sites for hydroxylation is 1. The van der Waals surface area contributed by atoms with E-state index in [0.29, 0.717) is 31.7 Å². The number of nitrogens with zero attached hydrogens (tertiary/aromatic N) is 4. The highest BCUT2D eigenvalue weighted by atomic mass is 16.2. The molecular formula is C24H28N6O3. The Morgan fingerprint density at radius 3 is 2.55 bits per heavy atom. The predicted molar refractivity (Wildman–Crippen MR) is 124 cm³/mol. The van der Waals surface area contributed by atoms with E-state index in [1.54, 1.807) is 17.2 Å². The Hall–Kier alpha value is -3.62. The summed E-state index contributed by atoms with van der Waals surface area (Å²) in [7, 11) is 0. The Labute approximate surface area is 191 Å². The van der Waals surface area contributed by atoms with Crippen LogP contribution in [-0.2, 0) is 0 Å². The van der Waals surface area contributed by atoms with E-state index < -0.39 is 0 Å². The van der Waals surface area contributed by atoms with Gasteiger partial charge in [-0.15, -0.1) is 0 Å². The van der Waals surface area contributed by atoms with Gasteiger partial charge in [-0.2, -0.15) is 0 Å². The van der Waals surface area contributed by atoms with E-state index in [1.165, 1.54) is 0 Å². The number of benzene rings is 1. The van der Waals surface area contributed by atoms with Crippen molar-refractivity contribution in [3.05, 3.63) is 64.3 Å². The molecule has 2 fully saturated rings. The lowest BCUT2D eigenvalue weighted by Gasteiger charge is -2.33. The Morgan fingerprint density at radius 1 is 1.03 bits per heavy atom. The highest BCUT2D eigenvalue weighted by molar-refractivity contribution is 5.94. The van der Waals surface area contributed by atoms with Gasteiger partial charge < -0.3 is 20.1 Å². The van der Waals surface area contributed by atoms with Gasteiger partial charge in [0.15, 0.2) is 0 Å². The second-order valence-electron chi connectivity index (χ2n) is 8.91. The molecule has 9 heteroatoms. The fourth-order valence-electron chi connectivity index (χ4n) is 4.87. The Kier molecular flexibility index (Phi) is 5.62. The first kappa shape index (κ1) is 21.2. The second kappa shape index (κ2) is 8.73. The summed E-state index contributed by atoms with van der Waals surface area (Å²) in [5.74, 6) is -0.0516. The molecule has 33 heavy (non-hydrogen) atoms. The minimum Gasteiger partial charge on any atom is -0.336 e. The first-order chi connectivity index (χ1) is 16.0. The van der Waals surface area contributed by atoms with E-state index in [0.717, 1.165) is 36.0 Å². The standard InChI is InChI=1S/C24H28N6O3/c1-16-6-7-17(14-25-16)22(31)29-11-8-18(15-29)26-23(32)28-12-9-19(10-13-28)30-21-5-3-2-4-20(21)27-24(30)33/h2-7,14,18-19H,8-13,15H2,1H3,(H,26,32)(H,27,33)/t18-/m1/s1. The average Bonchev–Trinajstić information content (AvgIpc) is 3.42. The smallest absolute Gasteiger partial charge is 0.326 e. The number of likely N-dealkylation sites (tertiary alicyclic amines) is 2. The number of hydrogen-bond donors (Lipinski definition) is 2. The molecule has 1 aromatic carbocycles. The van der Waals surface area contributed by atoms with Crippen LogP contribution >= 0.6 is 0 Å². The molecule has 9 nitrogen and oxygen atoms in total. The van der Waals surface area contributed by atoms with Crippen LogP contribution in [0.2, 0.25) is 0 Å². The van der Waals surface area contributed by atoms with Gasteiger partial charge in [0, 0.05) is 50.2 Å². The number of para-hydroxylation sites is 2. The maximum atomic E-state index is 12.8. The van der Waals surface area contributed by atoms with Crippen LogP contribution < -0.4 is 11.0 Å². The predicted octanol–water partition coefficient (Wildman–Crippen LogP) is 2.29. The van der Waals surface area contributed by atoms with Crippen molar-refractivity contribution in [1.29, 1.82) is 0 Å². The molecule has 0 spiro atoms. The van der Waals surface area contributed by atoms with Crippen LogP contribution in [0.3, 0.4) is 0 Å². The third-order valence-electron chi connectivity index (χ3n) is 6.70. The largest absolute Gasteiger partial charge is 0.336 e. The molecule has 2 aliphatic rings. The third-order valence-corrected chi connectivity index (χ3v) is 6.70.